The largest absolute Gasteiger partial charge is 0.462 e. The van der Waals surface area contributed by atoms with E-state index in [4.69, 9.17) is 9.47 Å². The SMILES string of the molecule is CC(=O)OC1CCC([C]=O)C(OC(C)=O)C1. The molecule has 0 heterocycles. The van der Waals surface area contributed by atoms with E-state index in [1.807, 2.05) is 6.29 Å². The van der Waals surface area contributed by atoms with Crippen LogP contribution in [0, 0.1) is 5.92 Å². The Balaban J connectivity index is 2.57. The fourth-order valence-electron chi connectivity index (χ4n) is 1.91. The van der Waals surface area contributed by atoms with Crippen LogP contribution >= 0.6 is 0 Å². The van der Waals surface area contributed by atoms with Gasteiger partial charge in [-0.1, -0.05) is 0 Å². The zero-order valence-corrected chi connectivity index (χ0v) is 9.39. The Kier molecular flexibility index (Phi) is 4.46. The monoisotopic (exact) mass is 227 g/mol. The van der Waals surface area contributed by atoms with E-state index in [0.29, 0.717) is 19.3 Å². The molecule has 0 aromatic rings. The lowest BCUT2D eigenvalue weighted by atomic mass is 9.85. The Morgan fingerprint density at radius 1 is 1.12 bits per heavy atom. The van der Waals surface area contributed by atoms with Crippen molar-refractivity contribution < 1.29 is 23.9 Å². The van der Waals surface area contributed by atoms with Gasteiger partial charge in [0, 0.05) is 20.3 Å². The average Bonchev–Trinajstić information content (AvgIpc) is 2.16. The van der Waals surface area contributed by atoms with Gasteiger partial charge in [-0.2, -0.15) is 0 Å². The summed E-state index contributed by atoms with van der Waals surface area (Å²) in [6, 6.07) is 0. The molecule has 0 spiro atoms. The van der Waals surface area contributed by atoms with Crippen molar-refractivity contribution in [1.29, 1.82) is 0 Å². The molecule has 0 bridgehead atoms. The summed E-state index contributed by atoms with van der Waals surface area (Å²) in [6.07, 6.45) is 2.58. The Morgan fingerprint density at radius 2 is 1.75 bits per heavy atom. The molecular weight excluding hydrogens is 212 g/mol. The van der Waals surface area contributed by atoms with Crippen LogP contribution in [0.5, 0.6) is 0 Å². The minimum Gasteiger partial charge on any atom is -0.462 e. The van der Waals surface area contributed by atoms with Gasteiger partial charge in [-0.15, -0.1) is 0 Å². The van der Waals surface area contributed by atoms with Gasteiger partial charge in [-0.05, 0) is 12.8 Å². The number of hydrogen-bond donors (Lipinski definition) is 0. The van der Waals surface area contributed by atoms with Crippen LogP contribution in [0.25, 0.3) is 0 Å². The van der Waals surface area contributed by atoms with Gasteiger partial charge < -0.3 is 9.47 Å². The number of esters is 2. The first kappa shape index (κ1) is 12.7. The lowest BCUT2D eigenvalue weighted by Gasteiger charge is -2.31. The topological polar surface area (TPSA) is 69.7 Å². The molecule has 3 unspecified atom stereocenters. The van der Waals surface area contributed by atoms with Crippen molar-refractivity contribution in [3.63, 3.8) is 0 Å². The third-order valence-electron chi connectivity index (χ3n) is 2.54. The highest BCUT2D eigenvalue weighted by atomic mass is 16.6. The van der Waals surface area contributed by atoms with E-state index >= 15 is 0 Å². The van der Waals surface area contributed by atoms with Crippen LogP contribution in [-0.2, 0) is 23.9 Å². The first-order chi connectivity index (χ1) is 7.52. The van der Waals surface area contributed by atoms with E-state index in [0.717, 1.165) is 0 Å². The van der Waals surface area contributed by atoms with Gasteiger partial charge in [0.1, 0.15) is 12.2 Å². The molecule has 0 N–H and O–H groups in total. The highest BCUT2D eigenvalue weighted by molar-refractivity contribution is 5.67. The van der Waals surface area contributed by atoms with Crippen molar-refractivity contribution in [3.8, 4) is 0 Å². The minimum absolute atomic E-state index is 0.272. The quantitative estimate of drug-likeness (QED) is 0.666. The zero-order chi connectivity index (χ0) is 12.1. The van der Waals surface area contributed by atoms with Crippen molar-refractivity contribution in [3.05, 3.63) is 0 Å². The highest BCUT2D eigenvalue weighted by Crippen LogP contribution is 2.27. The standard InChI is InChI=1S/C11H15O5/c1-7(13)15-10-4-3-9(6-12)11(5-10)16-8(2)14/h9-11H,3-5H2,1-2H3. The van der Waals surface area contributed by atoms with Crippen LogP contribution in [0.2, 0.25) is 0 Å². The Labute approximate surface area is 94.1 Å². The molecule has 1 aliphatic rings. The second-order valence-corrected chi connectivity index (χ2v) is 3.92. The van der Waals surface area contributed by atoms with E-state index in [-0.39, 0.29) is 12.1 Å². The van der Waals surface area contributed by atoms with Gasteiger partial charge in [-0.3, -0.25) is 14.4 Å². The van der Waals surface area contributed by atoms with Gasteiger partial charge in [0.05, 0.1) is 5.92 Å². The summed E-state index contributed by atoms with van der Waals surface area (Å²) in [5, 5.41) is 0. The van der Waals surface area contributed by atoms with Crippen molar-refractivity contribution >= 4 is 18.2 Å². The van der Waals surface area contributed by atoms with Gasteiger partial charge in [-0.25, -0.2) is 0 Å². The fraction of sp³-hybridized carbons (Fsp3) is 0.727. The Bertz CT molecular complexity index is 286. The van der Waals surface area contributed by atoms with E-state index in [1.165, 1.54) is 13.8 Å². The number of hydrogen-bond acceptors (Lipinski definition) is 5. The normalized spacial score (nSPS) is 29.2. The van der Waals surface area contributed by atoms with E-state index in [1.54, 1.807) is 0 Å². The molecule has 3 atom stereocenters. The maximum absolute atomic E-state index is 10.8. The maximum atomic E-state index is 10.8. The summed E-state index contributed by atoms with van der Waals surface area (Å²) in [5.74, 6) is -1.20. The molecule has 0 aromatic heterocycles. The third-order valence-corrected chi connectivity index (χ3v) is 2.54. The van der Waals surface area contributed by atoms with Crippen LogP contribution in [0.3, 0.4) is 0 Å². The Morgan fingerprint density at radius 3 is 2.25 bits per heavy atom. The highest BCUT2D eigenvalue weighted by Gasteiger charge is 2.34. The molecular formula is C11H15O5. The molecule has 0 aromatic carbocycles. The van der Waals surface area contributed by atoms with Crippen molar-refractivity contribution in [1.82, 2.24) is 0 Å². The lowest BCUT2D eigenvalue weighted by molar-refractivity contribution is -0.157. The fourth-order valence-corrected chi connectivity index (χ4v) is 1.91. The second kappa shape index (κ2) is 5.63. The third kappa shape index (κ3) is 3.64. The van der Waals surface area contributed by atoms with Gasteiger partial charge in [0.25, 0.3) is 0 Å². The summed E-state index contributed by atoms with van der Waals surface area (Å²) in [5.41, 5.74) is 0. The number of carbonyl (C=O) groups excluding carboxylic acids is 3. The maximum Gasteiger partial charge on any atom is 0.302 e. The Hall–Kier alpha value is -1.39. The molecule has 1 fully saturated rings. The first-order valence-electron chi connectivity index (χ1n) is 5.25. The van der Waals surface area contributed by atoms with Crippen molar-refractivity contribution in [2.45, 2.75) is 45.3 Å². The lowest BCUT2D eigenvalue weighted by Crippen LogP contribution is -2.37. The van der Waals surface area contributed by atoms with Crippen LogP contribution < -0.4 is 0 Å². The predicted octanol–water partition coefficient (Wildman–Crippen LogP) is 0.760. The summed E-state index contributed by atoms with van der Waals surface area (Å²) >= 11 is 0. The van der Waals surface area contributed by atoms with Crippen molar-refractivity contribution in [2.75, 3.05) is 0 Å². The van der Waals surface area contributed by atoms with Crippen LogP contribution in [0.15, 0.2) is 0 Å². The van der Waals surface area contributed by atoms with E-state index < -0.39 is 18.0 Å². The van der Waals surface area contributed by atoms with Crippen LogP contribution in [-0.4, -0.2) is 30.4 Å². The van der Waals surface area contributed by atoms with Crippen LogP contribution in [0.4, 0.5) is 0 Å². The molecule has 5 nitrogen and oxygen atoms in total. The number of rotatable bonds is 3. The molecule has 1 radical (unpaired) electrons. The molecule has 0 amide bonds. The summed E-state index contributed by atoms with van der Waals surface area (Å²) < 4.78 is 10.0. The van der Waals surface area contributed by atoms with E-state index in [2.05, 4.69) is 0 Å². The molecule has 89 valence electrons. The van der Waals surface area contributed by atoms with E-state index in [9.17, 15) is 14.4 Å². The summed E-state index contributed by atoms with van der Waals surface area (Å²) in [7, 11) is 0. The minimum atomic E-state index is -0.520. The van der Waals surface area contributed by atoms with Gasteiger partial charge >= 0.3 is 11.9 Å². The van der Waals surface area contributed by atoms with Gasteiger partial charge in [0.2, 0.25) is 6.29 Å². The van der Waals surface area contributed by atoms with Gasteiger partial charge in [0.15, 0.2) is 0 Å². The summed E-state index contributed by atoms with van der Waals surface area (Å²) in [4.78, 5) is 32.3. The zero-order valence-electron chi connectivity index (χ0n) is 9.39. The molecule has 0 saturated heterocycles. The molecule has 1 rings (SSSR count). The van der Waals surface area contributed by atoms with Crippen LogP contribution in [0.1, 0.15) is 33.1 Å². The molecule has 16 heavy (non-hydrogen) atoms. The first-order valence-corrected chi connectivity index (χ1v) is 5.25. The van der Waals surface area contributed by atoms with Crippen molar-refractivity contribution in [2.24, 2.45) is 5.92 Å². The summed E-state index contributed by atoms with van der Waals surface area (Å²) in [6.45, 7) is 2.62. The molecule has 5 heteroatoms. The molecule has 0 aliphatic heterocycles. The second-order valence-electron chi connectivity index (χ2n) is 3.92. The average molecular weight is 227 g/mol. The predicted molar refractivity (Wildman–Crippen MR) is 54.1 cm³/mol. The molecule has 1 saturated carbocycles. The smallest absolute Gasteiger partial charge is 0.302 e. The molecule has 1 aliphatic carbocycles. The number of ether oxygens (including phenoxy) is 2. The number of carbonyl (C=O) groups is 2.